The Hall–Kier alpha value is -1.04. The normalized spacial score (nSPS) is 18.7. The quantitative estimate of drug-likeness (QED) is 0.503. The zero-order valence-corrected chi connectivity index (χ0v) is 14.7. The van der Waals surface area contributed by atoms with Crippen LogP contribution in [0.25, 0.3) is 6.08 Å². The second kappa shape index (κ2) is 6.60. The minimum Gasteiger partial charge on any atom is -0.0721 e. The SMILES string of the molecule is CCCCCC[C]1C=Cc2cc3c(cc21)CC(CC)(CC)C3. The average Bonchev–Trinajstić information content (AvgIpc) is 3.10. The van der Waals surface area contributed by atoms with Gasteiger partial charge >= 0.3 is 0 Å². The molecule has 0 atom stereocenters. The minimum absolute atomic E-state index is 0.544. The van der Waals surface area contributed by atoms with Gasteiger partial charge in [-0.05, 0) is 59.8 Å². The molecule has 0 fully saturated rings. The molecule has 0 bridgehead atoms. The maximum Gasteiger partial charge on any atom is 0.0273 e. The lowest BCUT2D eigenvalue weighted by Crippen LogP contribution is -2.18. The van der Waals surface area contributed by atoms with Crippen molar-refractivity contribution in [3.8, 4) is 0 Å². The molecule has 119 valence electrons. The van der Waals surface area contributed by atoms with Gasteiger partial charge in [0, 0.05) is 5.92 Å². The summed E-state index contributed by atoms with van der Waals surface area (Å²) in [6.45, 7) is 7.03. The van der Waals surface area contributed by atoms with Crippen molar-refractivity contribution in [2.24, 2.45) is 5.41 Å². The molecule has 0 amide bonds. The molecule has 0 aromatic heterocycles. The van der Waals surface area contributed by atoms with Crippen molar-refractivity contribution in [2.45, 2.75) is 78.6 Å². The zero-order valence-electron chi connectivity index (χ0n) is 14.7. The third kappa shape index (κ3) is 2.90. The smallest absolute Gasteiger partial charge is 0.0273 e. The predicted molar refractivity (Wildman–Crippen MR) is 97.0 cm³/mol. The first kappa shape index (κ1) is 15.8. The molecule has 0 N–H and O–H groups in total. The lowest BCUT2D eigenvalue weighted by molar-refractivity contribution is 0.280. The van der Waals surface area contributed by atoms with Crippen LogP contribution in [0, 0.1) is 11.3 Å². The van der Waals surface area contributed by atoms with Gasteiger partial charge < -0.3 is 0 Å². The van der Waals surface area contributed by atoms with Crippen LogP contribution in [0.15, 0.2) is 18.2 Å². The van der Waals surface area contributed by atoms with E-state index in [1.54, 1.807) is 22.6 Å². The van der Waals surface area contributed by atoms with Gasteiger partial charge in [0.2, 0.25) is 0 Å². The van der Waals surface area contributed by atoms with E-state index in [1.807, 2.05) is 0 Å². The van der Waals surface area contributed by atoms with E-state index in [0.29, 0.717) is 5.41 Å². The van der Waals surface area contributed by atoms with Gasteiger partial charge in [-0.3, -0.25) is 0 Å². The summed E-state index contributed by atoms with van der Waals surface area (Å²) in [6, 6.07) is 5.03. The van der Waals surface area contributed by atoms with Gasteiger partial charge in [0.1, 0.15) is 0 Å². The second-order valence-electron chi connectivity index (χ2n) is 7.44. The third-order valence-electron chi connectivity index (χ3n) is 6.11. The molecule has 1 radical (unpaired) electrons. The Labute approximate surface area is 137 Å². The fourth-order valence-electron chi connectivity index (χ4n) is 4.31. The van der Waals surface area contributed by atoms with Crippen LogP contribution < -0.4 is 0 Å². The molecule has 0 saturated carbocycles. The van der Waals surface area contributed by atoms with Crippen LogP contribution in [0.1, 0.15) is 88.0 Å². The fourth-order valence-corrected chi connectivity index (χ4v) is 4.31. The Morgan fingerprint density at radius 2 is 1.59 bits per heavy atom. The van der Waals surface area contributed by atoms with Crippen LogP contribution in [0.2, 0.25) is 0 Å². The number of allylic oxidation sites excluding steroid dienone is 1. The van der Waals surface area contributed by atoms with E-state index in [-0.39, 0.29) is 0 Å². The Morgan fingerprint density at radius 1 is 0.864 bits per heavy atom. The maximum atomic E-state index is 2.53. The molecular formula is C22H31. The standard InChI is InChI=1S/C22H31/c1-4-7-8-9-10-17-11-12-18-13-19-15-22(5-2,6-3)16-20(19)14-21(17)18/h11-14H,4-10,15-16H2,1-3H3. The number of unbranched alkanes of at least 4 members (excludes halogenated alkanes) is 3. The third-order valence-corrected chi connectivity index (χ3v) is 6.11. The molecule has 0 unspecified atom stereocenters. The van der Waals surface area contributed by atoms with Crippen LogP contribution in [-0.4, -0.2) is 0 Å². The van der Waals surface area contributed by atoms with Crippen LogP contribution in [0.4, 0.5) is 0 Å². The molecular weight excluding hydrogens is 264 g/mol. The summed E-state index contributed by atoms with van der Waals surface area (Å²) in [5.74, 6) is 1.58. The van der Waals surface area contributed by atoms with E-state index in [2.05, 4.69) is 45.1 Å². The predicted octanol–water partition coefficient (Wildman–Crippen LogP) is 6.51. The molecule has 0 spiro atoms. The van der Waals surface area contributed by atoms with Crippen LogP contribution in [0.3, 0.4) is 0 Å². The number of hydrogen-bond donors (Lipinski definition) is 0. The highest BCUT2D eigenvalue weighted by Crippen LogP contribution is 2.45. The Bertz CT molecular complexity index is 545. The molecule has 0 saturated heterocycles. The first-order valence-electron chi connectivity index (χ1n) is 9.41. The summed E-state index contributed by atoms with van der Waals surface area (Å²) in [7, 11) is 0. The summed E-state index contributed by atoms with van der Waals surface area (Å²) < 4.78 is 0. The van der Waals surface area contributed by atoms with Gasteiger partial charge in [-0.2, -0.15) is 0 Å². The van der Waals surface area contributed by atoms with Gasteiger partial charge in [0.25, 0.3) is 0 Å². The average molecular weight is 295 g/mol. The van der Waals surface area contributed by atoms with Crippen molar-refractivity contribution in [1.82, 2.24) is 0 Å². The van der Waals surface area contributed by atoms with E-state index in [9.17, 15) is 0 Å². The highest BCUT2D eigenvalue weighted by atomic mass is 14.4. The van der Waals surface area contributed by atoms with Gasteiger partial charge in [-0.1, -0.05) is 70.7 Å². The lowest BCUT2D eigenvalue weighted by atomic mass is 9.80. The Kier molecular flexibility index (Phi) is 4.76. The number of benzene rings is 1. The minimum atomic E-state index is 0.544. The van der Waals surface area contributed by atoms with E-state index in [0.717, 1.165) is 0 Å². The number of rotatable bonds is 7. The van der Waals surface area contributed by atoms with Crippen molar-refractivity contribution in [2.75, 3.05) is 0 Å². The first-order valence-corrected chi connectivity index (χ1v) is 9.41. The summed E-state index contributed by atoms with van der Waals surface area (Å²) >= 11 is 0. The molecule has 22 heavy (non-hydrogen) atoms. The largest absolute Gasteiger partial charge is 0.0721 e. The topological polar surface area (TPSA) is 0 Å². The highest BCUT2D eigenvalue weighted by Gasteiger charge is 2.35. The van der Waals surface area contributed by atoms with E-state index in [1.165, 1.54) is 63.4 Å². The van der Waals surface area contributed by atoms with E-state index in [4.69, 9.17) is 0 Å². The monoisotopic (exact) mass is 295 g/mol. The van der Waals surface area contributed by atoms with E-state index >= 15 is 0 Å². The fraction of sp³-hybridized carbons (Fsp3) is 0.591. The van der Waals surface area contributed by atoms with Gasteiger partial charge in [-0.15, -0.1) is 0 Å². The summed E-state index contributed by atoms with van der Waals surface area (Å²) in [5, 5.41) is 0. The highest BCUT2D eigenvalue weighted by molar-refractivity contribution is 5.70. The number of fused-ring (bicyclic) bond motifs is 2. The van der Waals surface area contributed by atoms with Crippen molar-refractivity contribution in [1.29, 1.82) is 0 Å². The van der Waals surface area contributed by atoms with Crippen molar-refractivity contribution in [3.63, 3.8) is 0 Å². The second-order valence-corrected chi connectivity index (χ2v) is 7.44. The van der Waals surface area contributed by atoms with Crippen LogP contribution in [0.5, 0.6) is 0 Å². The molecule has 0 heterocycles. The molecule has 2 aliphatic carbocycles. The van der Waals surface area contributed by atoms with Gasteiger partial charge in [0.15, 0.2) is 0 Å². The van der Waals surface area contributed by atoms with Crippen LogP contribution >= 0.6 is 0 Å². The molecule has 1 aromatic carbocycles. The number of hydrogen-bond acceptors (Lipinski definition) is 0. The molecule has 2 aliphatic rings. The van der Waals surface area contributed by atoms with Gasteiger partial charge in [-0.25, -0.2) is 0 Å². The maximum absolute atomic E-state index is 2.53. The van der Waals surface area contributed by atoms with E-state index < -0.39 is 0 Å². The zero-order chi connectivity index (χ0) is 15.6. The lowest BCUT2D eigenvalue weighted by Gasteiger charge is -2.25. The van der Waals surface area contributed by atoms with Gasteiger partial charge in [0.05, 0.1) is 0 Å². The molecule has 1 aromatic rings. The Morgan fingerprint density at radius 3 is 2.27 bits per heavy atom. The first-order chi connectivity index (χ1) is 10.7. The molecule has 0 heteroatoms. The van der Waals surface area contributed by atoms with Crippen molar-refractivity contribution >= 4 is 6.08 Å². The molecule has 3 rings (SSSR count). The summed E-state index contributed by atoms with van der Waals surface area (Å²) in [5.41, 5.74) is 6.82. The molecule has 0 nitrogen and oxygen atoms in total. The van der Waals surface area contributed by atoms with Crippen molar-refractivity contribution in [3.05, 3.63) is 46.4 Å². The summed E-state index contributed by atoms with van der Waals surface area (Å²) in [4.78, 5) is 0. The summed E-state index contributed by atoms with van der Waals surface area (Å²) in [6.07, 6.45) is 16.6. The van der Waals surface area contributed by atoms with Crippen molar-refractivity contribution < 1.29 is 0 Å². The van der Waals surface area contributed by atoms with Crippen LogP contribution in [-0.2, 0) is 12.8 Å². The Balaban J connectivity index is 1.74. The molecule has 0 aliphatic heterocycles.